The number of amides is 1. The fraction of sp³-hybridized carbons (Fsp3) is 0.0500. The van der Waals surface area contributed by atoms with Crippen molar-refractivity contribution in [2.45, 2.75) is 0 Å². The molecule has 0 unspecified atom stereocenters. The Labute approximate surface area is 136 Å². The van der Waals surface area contributed by atoms with E-state index >= 15 is 0 Å². The van der Waals surface area contributed by atoms with Gasteiger partial charge in [0.05, 0.1) is 5.56 Å². The van der Waals surface area contributed by atoms with E-state index in [4.69, 9.17) is 0 Å². The third-order valence-electron chi connectivity index (χ3n) is 3.70. The normalized spacial score (nSPS) is 10.1. The number of hydrogen-bond acceptors (Lipinski definition) is 2. The van der Waals surface area contributed by atoms with Crippen LogP contribution in [0.3, 0.4) is 0 Å². The van der Waals surface area contributed by atoms with E-state index in [1.54, 1.807) is 0 Å². The van der Waals surface area contributed by atoms with E-state index in [1.165, 1.54) is 0 Å². The average molecular weight is 302 g/mol. The van der Waals surface area contributed by atoms with Crippen molar-refractivity contribution in [1.29, 1.82) is 0 Å². The molecule has 23 heavy (non-hydrogen) atoms. The Morgan fingerprint density at radius 1 is 0.739 bits per heavy atom. The van der Waals surface area contributed by atoms with Gasteiger partial charge in [-0.2, -0.15) is 0 Å². The third kappa shape index (κ3) is 3.24. The molecule has 3 aromatic rings. The van der Waals surface area contributed by atoms with Crippen LogP contribution in [0.2, 0.25) is 0 Å². The van der Waals surface area contributed by atoms with Crippen LogP contribution in [0.4, 0.5) is 11.4 Å². The zero-order valence-electron chi connectivity index (χ0n) is 12.9. The molecule has 3 heteroatoms. The highest BCUT2D eigenvalue weighted by Crippen LogP contribution is 2.28. The monoisotopic (exact) mass is 302 g/mol. The van der Waals surface area contributed by atoms with E-state index in [9.17, 15) is 4.79 Å². The molecule has 0 radical (unpaired) electrons. The second kappa shape index (κ2) is 6.79. The van der Waals surface area contributed by atoms with Gasteiger partial charge >= 0.3 is 0 Å². The number of hydrogen-bond donors (Lipinski definition) is 2. The van der Waals surface area contributed by atoms with Crippen molar-refractivity contribution in [3.05, 3.63) is 84.4 Å². The van der Waals surface area contributed by atoms with Crippen molar-refractivity contribution in [1.82, 2.24) is 0 Å². The summed E-state index contributed by atoms with van der Waals surface area (Å²) in [4.78, 5) is 12.6. The maximum atomic E-state index is 12.6. The number of carbonyl (C=O) groups is 1. The van der Waals surface area contributed by atoms with Crippen molar-refractivity contribution >= 4 is 17.3 Å². The maximum Gasteiger partial charge on any atom is 0.257 e. The molecule has 3 rings (SSSR count). The van der Waals surface area contributed by atoms with Gasteiger partial charge in [0.25, 0.3) is 5.91 Å². The van der Waals surface area contributed by atoms with Crippen molar-refractivity contribution in [3.63, 3.8) is 0 Å². The third-order valence-corrected chi connectivity index (χ3v) is 3.70. The van der Waals surface area contributed by atoms with Crippen LogP contribution in [-0.4, -0.2) is 13.0 Å². The summed E-state index contributed by atoms with van der Waals surface area (Å²) in [6.45, 7) is 0. The molecule has 1 amide bonds. The molecule has 2 N–H and O–H groups in total. The molecule has 0 saturated carbocycles. The summed E-state index contributed by atoms with van der Waals surface area (Å²) >= 11 is 0. The summed E-state index contributed by atoms with van der Waals surface area (Å²) < 4.78 is 0. The van der Waals surface area contributed by atoms with Crippen LogP contribution < -0.4 is 10.6 Å². The molecule has 0 fully saturated rings. The van der Waals surface area contributed by atoms with Crippen LogP contribution in [-0.2, 0) is 0 Å². The Morgan fingerprint density at radius 2 is 1.35 bits per heavy atom. The number of benzene rings is 3. The molecule has 114 valence electrons. The minimum atomic E-state index is -0.127. The van der Waals surface area contributed by atoms with Gasteiger partial charge in [-0.3, -0.25) is 4.79 Å². The Morgan fingerprint density at radius 3 is 2.09 bits per heavy atom. The minimum absolute atomic E-state index is 0.127. The minimum Gasteiger partial charge on any atom is -0.387 e. The first-order valence-electron chi connectivity index (χ1n) is 7.52. The molecule has 0 aliphatic heterocycles. The molecular weight excluding hydrogens is 284 g/mol. The largest absolute Gasteiger partial charge is 0.387 e. The van der Waals surface area contributed by atoms with Gasteiger partial charge < -0.3 is 10.6 Å². The SMILES string of the molecule is CNc1ccccc1C(=O)Nc1ccccc1-c1ccccc1. The van der Waals surface area contributed by atoms with Crippen molar-refractivity contribution in [3.8, 4) is 11.1 Å². The summed E-state index contributed by atoms with van der Waals surface area (Å²) in [7, 11) is 1.81. The second-order valence-electron chi connectivity index (χ2n) is 5.16. The predicted octanol–water partition coefficient (Wildman–Crippen LogP) is 4.65. The van der Waals surface area contributed by atoms with Crippen LogP contribution >= 0.6 is 0 Å². The maximum absolute atomic E-state index is 12.6. The van der Waals surface area contributed by atoms with Gasteiger partial charge in [0.1, 0.15) is 0 Å². The zero-order valence-corrected chi connectivity index (χ0v) is 12.9. The highest BCUT2D eigenvalue weighted by molar-refractivity contribution is 6.09. The van der Waals surface area contributed by atoms with Gasteiger partial charge in [0, 0.05) is 24.0 Å². The van der Waals surface area contributed by atoms with Gasteiger partial charge in [-0.15, -0.1) is 0 Å². The van der Waals surface area contributed by atoms with E-state index in [0.717, 1.165) is 22.5 Å². The molecular formula is C20H18N2O. The van der Waals surface area contributed by atoms with Crippen LogP contribution in [0, 0.1) is 0 Å². The van der Waals surface area contributed by atoms with E-state index in [0.29, 0.717) is 5.56 Å². The highest BCUT2D eigenvalue weighted by Gasteiger charge is 2.12. The molecule has 0 heterocycles. The summed E-state index contributed by atoms with van der Waals surface area (Å²) in [5.74, 6) is -0.127. The second-order valence-corrected chi connectivity index (χ2v) is 5.16. The highest BCUT2D eigenvalue weighted by atomic mass is 16.1. The zero-order chi connectivity index (χ0) is 16.1. The Hall–Kier alpha value is -3.07. The molecule has 0 aliphatic rings. The summed E-state index contributed by atoms with van der Waals surface area (Å²) in [5.41, 5.74) is 4.31. The van der Waals surface area contributed by atoms with Crippen LogP contribution in [0.25, 0.3) is 11.1 Å². The average Bonchev–Trinajstić information content (AvgIpc) is 2.63. The van der Waals surface area contributed by atoms with Crippen LogP contribution in [0.15, 0.2) is 78.9 Å². The van der Waals surface area contributed by atoms with E-state index < -0.39 is 0 Å². The number of nitrogens with one attached hydrogen (secondary N) is 2. The number of para-hydroxylation sites is 2. The van der Waals surface area contributed by atoms with Gasteiger partial charge in [-0.1, -0.05) is 60.7 Å². The Balaban J connectivity index is 1.93. The van der Waals surface area contributed by atoms with Gasteiger partial charge in [-0.05, 0) is 23.8 Å². The van der Waals surface area contributed by atoms with Gasteiger partial charge in [-0.25, -0.2) is 0 Å². The van der Waals surface area contributed by atoms with Crippen molar-refractivity contribution in [2.24, 2.45) is 0 Å². The van der Waals surface area contributed by atoms with Gasteiger partial charge in [0.15, 0.2) is 0 Å². The lowest BCUT2D eigenvalue weighted by Gasteiger charge is -2.13. The van der Waals surface area contributed by atoms with E-state index in [1.807, 2.05) is 85.9 Å². The molecule has 0 atom stereocenters. The lowest BCUT2D eigenvalue weighted by molar-refractivity contribution is 0.102. The number of anilines is 2. The molecule has 0 saturated heterocycles. The first-order valence-corrected chi connectivity index (χ1v) is 7.52. The fourth-order valence-electron chi connectivity index (χ4n) is 2.55. The fourth-order valence-corrected chi connectivity index (χ4v) is 2.55. The Kier molecular flexibility index (Phi) is 4.39. The van der Waals surface area contributed by atoms with Crippen molar-refractivity contribution < 1.29 is 4.79 Å². The molecule has 0 aromatic heterocycles. The summed E-state index contributed by atoms with van der Waals surface area (Å²) in [5, 5.41) is 6.07. The molecule has 3 aromatic carbocycles. The van der Waals surface area contributed by atoms with E-state index in [-0.39, 0.29) is 5.91 Å². The summed E-state index contributed by atoms with van der Waals surface area (Å²) in [6, 6.07) is 25.3. The molecule has 0 bridgehead atoms. The van der Waals surface area contributed by atoms with E-state index in [2.05, 4.69) is 10.6 Å². The quantitative estimate of drug-likeness (QED) is 0.736. The first kappa shape index (κ1) is 14.9. The standard InChI is InChI=1S/C20H18N2O/c1-21-18-13-7-6-12-17(18)20(23)22-19-14-8-5-11-16(19)15-9-3-2-4-10-15/h2-14,21H,1H3,(H,22,23). The predicted molar refractivity (Wildman–Crippen MR) is 95.8 cm³/mol. The lowest BCUT2D eigenvalue weighted by atomic mass is 10.0. The van der Waals surface area contributed by atoms with Crippen molar-refractivity contribution in [2.75, 3.05) is 17.7 Å². The molecule has 3 nitrogen and oxygen atoms in total. The smallest absolute Gasteiger partial charge is 0.257 e. The number of rotatable bonds is 4. The van der Waals surface area contributed by atoms with Crippen LogP contribution in [0.5, 0.6) is 0 Å². The molecule has 0 aliphatic carbocycles. The topological polar surface area (TPSA) is 41.1 Å². The molecule has 0 spiro atoms. The van der Waals surface area contributed by atoms with Crippen LogP contribution in [0.1, 0.15) is 10.4 Å². The Bertz CT molecular complexity index is 813. The summed E-state index contributed by atoms with van der Waals surface area (Å²) in [6.07, 6.45) is 0. The number of carbonyl (C=O) groups excluding carboxylic acids is 1. The van der Waals surface area contributed by atoms with Gasteiger partial charge in [0.2, 0.25) is 0 Å². The lowest BCUT2D eigenvalue weighted by Crippen LogP contribution is -2.14. The first-order chi connectivity index (χ1) is 11.3.